The van der Waals surface area contributed by atoms with Crippen LogP contribution in [0, 0.1) is 3.57 Å². The van der Waals surface area contributed by atoms with E-state index < -0.39 is 0 Å². The van der Waals surface area contributed by atoms with Gasteiger partial charge in [0.2, 0.25) is 6.41 Å². The predicted octanol–water partition coefficient (Wildman–Crippen LogP) is 1.44. The predicted molar refractivity (Wildman–Crippen MR) is 63.8 cm³/mol. The summed E-state index contributed by atoms with van der Waals surface area (Å²) in [5.41, 5.74) is 0.905. The minimum absolute atomic E-state index is 0.434. The molecule has 1 aromatic heterocycles. The monoisotopic (exact) mass is 314 g/mol. The van der Waals surface area contributed by atoms with Gasteiger partial charge in [-0.25, -0.2) is 4.68 Å². The lowest BCUT2D eigenvalue weighted by Crippen LogP contribution is -1.94. The molecule has 2 rings (SSSR count). The number of carbonyl (C=O) groups excluding carboxylic acids is 1. The van der Waals surface area contributed by atoms with Gasteiger partial charge in [-0.05, 0) is 46.9 Å². The Kier molecular flexibility index (Phi) is 2.95. The van der Waals surface area contributed by atoms with Crippen molar-refractivity contribution in [2.24, 2.45) is 0 Å². The Bertz CT molecular complexity index is 465. The van der Waals surface area contributed by atoms with E-state index in [1.54, 1.807) is 10.9 Å². The topological polar surface area (TPSA) is 59.8 Å². The summed E-state index contributed by atoms with van der Waals surface area (Å²) in [6, 6.07) is 7.82. The second-order valence-electron chi connectivity index (χ2n) is 2.79. The summed E-state index contributed by atoms with van der Waals surface area (Å²) in [4.78, 5) is 10.2. The SMILES string of the molecule is O=CNc1cn(-c2ccc(I)cc2)nn1. The first-order valence-electron chi connectivity index (χ1n) is 4.18. The molecule has 0 aliphatic carbocycles. The minimum Gasteiger partial charge on any atom is -0.310 e. The van der Waals surface area contributed by atoms with Gasteiger partial charge in [0.25, 0.3) is 0 Å². The largest absolute Gasteiger partial charge is 0.310 e. The Morgan fingerprint density at radius 3 is 2.73 bits per heavy atom. The second kappa shape index (κ2) is 4.39. The number of amides is 1. The Labute approximate surface area is 99.6 Å². The number of anilines is 1. The summed E-state index contributed by atoms with van der Waals surface area (Å²) < 4.78 is 2.75. The highest BCUT2D eigenvalue weighted by atomic mass is 127. The fourth-order valence-electron chi connectivity index (χ4n) is 1.11. The third-order valence-corrected chi connectivity index (χ3v) is 2.51. The van der Waals surface area contributed by atoms with Crippen molar-refractivity contribution >= 4 is 34.8 Å². The molecular formula is C9H7IN4O. The van der Waals surface area contributed by atoms with Crippen molar-refractivity contribution in [3.05, 3.63) is 34.0 Å². The van der Waals surface area contributed by atoms with E-state index in [0.717, 1.165) is 9.26 Å². The van der Waals surface area contributed by atoms with Gasteiger partial charge in [-0.3, -0.25) is 4.79 Å². The first-order chi connectivity index (χ1) is 7.29. The third kappa shape index (κ3) is 2.32. The summed E-state index contributed by atoms with van der Waals surface area (Å²) in [6.07, 6.45) is 2.22. The van der Waals surface area contributed by atoms with Crippen molar-refractivity contribution in [3.63, 3.8) is 0 Å². The number of carbonyl (C=O) groups is 1. The van der Waals surface area contributed by atoms with Gasteiger partial charge in [0.05, 0.1) is 11.9 Å². The fraction of sp³-hybridized carbons (Fsp3) is 0. The van der Waals surface area contributed by atoms with Crippen molar-refractivity contribution in [1.82, 2.24) is 15.0 Å². The maximum absolute atomic E-state index is 10.2. The standard InChI is InChI=1S/C9H7IN4O/c10-7-1-3-8(4-2-7)14-5-9(11-6-15)12-13-14/h1-6H,(H,11,15). The van der Waals surface area contributed by atoms with E-state index in [4.69, 9.17) is 0 Å². The first-order valence-corrected chi connectivity index (χ1v) is 5.26. The average Bonchev–Trinajstić information content (AvgIpc) is 2.68. The second-order valence-corrected chi connectivity index (χ2v) is 4.03. The molecule has 0 unspecified atom stereocenters. The average molecular weight is 314 g/mol. The maximum atomic E-state index is 10.2. The number of benzene rings is 1. The zero-order valence-corrected chi connectivity index (χ0v) is 9.75. The van der Waals surface area contributed by atoms with E-state index in [0.29, 0.717) is 12.2 Å². The first kappa shape index (κ1) is 10.1. The molecule has 1 heterocycles. The molecular weight excluding hydrogens is 307 g/mol. The number of hydrogen-bond donors (Lipinski definition) is 1. The molecule has 0 atom stereocenters. The molecule has 0 radical (unpaired) electrons. The van der Waals surface area contributed by atoms with Gasteiger partial charge in [0, 0.05) is 3.57 Å². The summed E-state index contributed by atoms with van der Waals surface area (Å²) in [5.74, 6) is 0.434. The minimum atomic E-state index is 0.434. The smallest absolute Gasteiger partial charge is 0.212 e. The van der Waals surface area contributed by atoms with Crippen molar-refractivity contribution in [3.8, 4) is 5.69 Å². The van der Waals surface area contributed by atoms with Crippen LogP contribution in [0.15, 0.2) is 30.5 Å². The van der Waals surface area contributed by atoms with Crippen LogP contribution in [-0.4, -0.2) is 21.4 Å². The van der Waals surface area contributed by atoms with Gasteiger partial charge in [0.15, 0.2) is 5.82 Å². The highest BCUT2D eigenvalue weighted by Crippen LogP contribution is 2.11. The van der Waals surface area contributed by atoms with E-state index in [-0.39, 0.29) is 0 Å². The molecule has 0 spiro atoms. The molecule has 0 aliphatic heterocycles. The highest BCUT2D eigenvalue weighted by molar-refractivity contribution is 14.1. The highest BCUT2D eigenvalue weighted by Gasteiger charge is 2.00. The van der Waals surface area contributed by atoms with E-state index in [2.05, 4.69) is 38.2 Å². The lowest BCUT2D eigenvalue weighted by atomic mass is 10.3. The van der Waals surface area contributed by atoms with Crippen LogP contribution in [0.3, 0.4) is 0 Å². The molecule has 15 heavy (non-hydrogen) atoms. The maximum Gasteiger partial charge on any atom is 0.212 e. The molecule has 0 saturated heterocycles. The van der Waals surface area contributed by atoms with E-state index in [9.17, 15) is 4.79 Å². The van der Waals surface area contributed by atoms with E-state index >= 15 is 0 Å². The summed E-state index contributed by atoms with van der Waals surface area (Å²) in [7, 11) is 0. The van der Waals surface area contributed by atoms with E-state index in [1.807, 2.05) is 24.3 Å². The summed E-state index contributed by atoms with van der Waals surface area (Å²) in [5, 5.41) is 10.1. The number of rotatable bonds is 3. The number of nitrogens with one attached hydrogen (secondary N) is 1. The van der Waals surface area contributed by atoms with Gasteiger partial charge < -0.3 is 5.32 Å². The number of hydrogen-bond acceptors (Lipinski definition) is 3. The zero-order chi connectivity index (χ0) is 10.7. The van der Waals surface area contributed by atoms with Gasteiger partial charge >= 0.3 is 0 Å². The van der Waals surface area contributed by atoms with Gasteiger partial charge in [-0.15, -0.1) is 5.10 Å². The van der Waals surface area contributed by atoms with Gasteiger partial charge in [0.1, 0.15) is 0 Å². The van der Waals surface area contributed by atoms with Crippen LogP contribution in [0.5, 0.6) is 0 Å². The molecule has 0 fully saturated rings. The normalized spacial score (nSPS) is 9.93. The lowest BCUT2D eigenvalue weighted by molar-refractivity contribution is -0.105. The van der Waals surface area contributed by atoms with Crippen molar-refractivity contribution < 1.29 is 4.79 Å². The lowest BCUT2D eigenvalue weighted by Gasteiger charge is -1.98. The van der Waals surface area contributed by atoms with Crippen LogP contribution in [-0.2, 0) is 4.79 Å². The Hall–Kier alpha value is -1.44. The van der Waals surface area contributed by atoms with Crippen LogP contribution in [0.2, 0.25) is 0 Å². The molecule has 5 nitrogen and oxygen atoms in total. The number of nitrogens with zero attached hydrogens (tertiary/aromatic N) is 3. The number of halogens is 1. The Morgan fingerprint density at radius 2 is 2.07 bits per heavy atom. The zero-order valence-electron chi connectivity index (χ0n) is 7.59. The van der Waals surface area contributed by atoms with Crippen LogP contribution in [0.4, 0.5) is 5.82 Å². The third-order valence-electron chi connectivity index (χ3n) is 1.79. The van der Waals surface area contributed by atoms with Crippen LogP contribution < -0.4 is 5.32 Å². The molecule has 1 N–H and O–H groups in total. The summed E-state index contributed by atoms with van der Waals surface area (Å²) >= 11 is 2.23. The van der Waals surface area contributed by atoms with E-state index in [1.165, 1.54) is 0 Å². The Balaban J connectivity index is 2.28. The van der Waals surface area contributed by atoms with Crippen molar-refractivity contribution in [2.75, 3.05) is 5.32 Å². The molecule has 76 valence electrons. The molecule has 1 aromatic carbocycles. The van der Waals surface area contributed by atoms with Crippen LogP contribution >= 0.6 is 22.6 Å². The number of aromatic nitrogens is 3. The molecule has 2 aromatic rings. The molecule has 6 heteroatoms. The van der Waals surface area contributed by atoms with Crippen LogP contribution in [0.1, 0.15) is 0 Å². The Morgan fingerprint density at radius 1 is 1.33 bits per heavy atom. The fourth-order valence-corrected chi connectivity index (χ4v) is 1.47. The van der Waals surface area contributed by atoms with Crippen molar-refractivity contribution in [2.45, 2.75) is 0 Å². The van der Waals surface area contributed by atoms with Gasteiger partial charge in [-0.2, -0.15) is 0 Å². The molecule has 0 bridgehead atoms. The summed E-state index contributed by atoms with van der Waals surface area (Å²) in [6.45, 7) is 0. The van der Waals surface area contributed by atoms with Crippen molar-refractivity contribution in [1.29, 1.82) is 0 Å². The molecule has 0 aliphatic rings. The van der Waals surface area contributed by atoms with Gasteiger partial charge in [-0.1, -0.05) is 5.21 Å². The molecule has 0 saturated carbocycles. The van der Waals surface area contributed by atoms with Crippen LogP contribution in [0.25, 0.3) is 5.69 Å². The quantitative estimate of drug-likeness (QED) is 0.689. The molecule has 1 amide bonds.